The Kier molecular flexibility index (Phi) is 6.92. The van der Waals surface area contributed by atoms with Crippen molar-refractivity contribution in [3.8, 4) is 16.9 Å². The van der Waals surface area contributed by atoms with Crippen molar-refractivity contribution in [1.82, 2.24) is 14.9 Å². The lowest BCUT2D eigenvalue weighted by atomic mass is 10.0. The molecule has 2 saturated heterocycles. The lowest BCUT2D eigenvalue weighted by Gasteiger charge is -2.37. The number of benzene rings is 3. The Hall–Kier alpha value is -3.97. The molecule has 7 heteroatoms. The van der Waals surface area contributed by atoms with Crippen LogP contribution in [0.2, 0.25) is 0 Å². The van der Waals surface area contributed by atoms with Gasteiger partial charge in [0.25, 0.3) is 5.91 Å². The number of amides is 1. The number of carbonyl (C=O) groups is 1. The van der Waals surface area contributed by atoms with Crippen molar-refractivity contribution in [3.05, 3.63) is 78.5 Å². The molecule has 7 nitrogen and oxygen atoms in total. The van der Waals surface area contributed by atoms with E-state index in [2.05, 4.69) is 20.1 Å². The number of likely N-dealkylation sites (tertiary alicyclic amines) is 1. The summed E-state index contributed by atoms with van der Waals surface area (Å²) in [5.41, 5.74) is 5.03. The SMILES string of the molecule is COc1ccc(-c2ccc(C(=O)Nc3ccc4nc(N5CCC(N6CCCC6)CC5)cnc4c3)cc2)cc1. The third-order valence-corrected chi connectivity index (χ3v) is 7.80. The van der Waals surface area contributed by atoms with Crippen LogP contribution in [0.5, 0.6) is 5.75 Å². The van der Waals surface area contributed by atoms with E-state index in [0.717, 1.165) is 46.8 Å². The van der Waals surface area contributed by atoms with Crippen molar-refractivity contribution in [1.29, 1.82) is 0 Å². The first-order chi connectivity index (χ1) is 18.7. The van der Waals surface area contributed by atoms with Gasteiger partial charge in [0.05, 0.1) is 24.3 Å². The van der Waals surface area contributed by atoms with E-state index in [1.165, 1.54) is 38.8 Å². The zero-order valence-electron chi connectivity index (χ0n) is 21.8. The second-order valence-electron chi connectivity index (χ2n) is 10.2. The highest BCUT2D eigenvalue weighted by Gasteiger charge is 2.27. The Balaban J connectivity index is 1.09. The number of nitrogens with one attached hydrogen (secondary N) is 1. The van der Waals surface area contributed by atoms with E-state index in [1.807, 2.05) is 72.9 Å². The molecule has 194 valence electrons. The van der Waals surface area contributed by atoms with Gasteiger partial charge in [-0.15, -0.1) is 0 Å². The topological polar surface area (TPSA) is 70.6 Å². The minimum Gasteiger partial charge on any atom is -0.497 e. The molecular formula is C31H33N5O2. The van der Waals surface area contributed by atoms with Crippen LogP contribution in [0.4, 0.5) is 11.5 Å². The number of nitrogens with zero attached hydrogens (tertiary/aromatic N) is 4. The third kappa shape index (κ3) is 5.20. The second-order valence-corrected chi connectivity index (χ2v) is 10.2. The molecule has 3 aromatic carbocycles. The van der Waals surface area contributed by atoms with E-state index in [9.17, 15) is 4.79 Å². The molecule has 0 unspecified atom stereocenters. The molecule has 3 heterocycles. The Labute approximate surface area is 223 Å². The first kappa shape index (κ1) is 24.4. The smallest absolute Gasteiger partial charge is 0.255 e. The minimum atomic E-state index is -0.156. The minimum absolute atomic E-state index is 0.156. The quantitative estimate of drug-likeness (QED) is 0.365. The average Bonchev–Trinajstić information content (AvgIpc) is 3.52. The fourth-order valence-corrected chi connectivity index (χ4v) is 5.60. The molecule has 1 N–H and O–H groups in total. The Morgan fingerprint density at radius 3 is 2.24 bits per heavy atom. The molecule has 1 aromatic heterocycles. The molecule has 0 atom stereocenters. The Bertz CT molecular complexity index is 1410. The van der Waals surface area contributed by atoms with Crippen LogP contribution in [0.15, 0.2) is 72.9 Å². The molecule has 38 heavy (non-hydrogen) atoms. The first-order valence-corrected chi connectivity index (χ1v) is 13.5. The molecule has 0 aliphatic carbocycles. The molecular weight excluding hydrogens is 474 g/mol. The van der Waals surface area contributed by atoms with Gasteiger partial charge in [-0.2, -0.15) is 0 Å². The highest BCUT2D eigenvalue weighted by atomic mass is 16.5. The van der Waals surface area contributed by atoms with Gasteiger partial charge in [0.15, 0.2) is 0 Å². The van der Waals surface area contributed by atoms with Crippen LogP contribution in [-0.2, 0) is 0 Å². The normalized spacial score (nSPS) is 16.6. The molecule has 2 fully saturated rings. The number of anilines is 2. The average molecular weight is 508 g/mol. The molecule has 4 aromatic rings. The fourth-order valence-electron chi connectivity index (χ4n) is 5.60. The van der Waals surface area contributed by atoms with Gasteiger partial charge in [-0.3, -0.25) is 9.78 Å². The number of fused-ring (bicyclic) bond motifs is 1. The maximum absolute atomic E-state index is 12.9. The molecule has 2 aliphatic rings. The zero-order valence-corrected chi connectivity index (χ0v) is 21.8. The van der Waals surface area contributed by atoms with Gasteiger partial charge < -0.3 is 19.9 Å². The van der Waals surface area contributed by atoms with E-state index in [1.54, 1.807) is 7.11 Å². The van der Waals surface area contributed by atoms with Gasteiger partial charge >= 0.3 is 0 Å². The number of rotatable bonds is 6. The van der Waals surface area contributed by atoms with E-state index >= 15 is 0 Å². The zero-order chi connectivity index (χ0) is 25.9. The number of piperidine rings is 1. The summed E-state index contributed by atoms with van der Waals surface area (Å²) in [6.45, 7) is 4.56. The number of ether oxygens (including phenoxy) is 1. The summed E-state index contributed by atoms with van der Waals surface area (Å²) in [7, 11) is 1.65. The largest absolute Gasteiger partial charge is 0.497 e. The summed E-state index contributed by atoms with van der Waals surface area (Å²) in [6.07, 6.45) is 6.92. The van der Waals surface area contributed by atoms with Crippen LogP contribution in [-0.4, -0.2) is 60.1 Å². The predicted molar refractivity (Wildman–Crippen MR) is 152 cm³/mol. The van der Waals surface area contributed by atoms with Crippen molar-refractivity contribution in [3.63, 3.8) is 0 Å². The number of methoxy groups -OCH3 is 1. The van der Waals surface area contributed by atoms with E-state index in [-0.39, 0.29) is 5.91 Å². The summed E-state index contributed by atoms with van der Waals surface area (Å²) >= 11 is 0. The number of hydrogen-bond donors (Lipinski definition) is 1. The lowest BCUT2D eigenvalue weighted by Crippen LogP contribution is -2.44. The number of aromatic nitrogens is 2. The van der Waals surface area contributed by atoms with Crippen LogP contribution >= 0.6 is 0 Å². The van der Waals surface area contributed by atoms with Crippen molar-refractivity contribution in [2.75, 3.05) is 43.5 Å². The van der Waals surface area contributed by atoms with Crippen LogP contribution in [0.1, 0.15) is 36.0 Å². The third-order valence-electron chi connectivity index (χ3n) is 7.80. The lowest BCUT2D eigenvalue weighted by molar-refractivity contribution is 0.102. The first-order valence-electron chi connectivity index (χ1n) is 13.5. The summed E-state index contributed by atoms with van der Waals surface area (Å²) in [5.74, 6) is 1.60. The molecule has 6 rings (SSSR count). The summed E-state index contributed by atoms with van der Waals surface area (Å²) < 4.78 is 5.23. The van der Waals surface area contributed by atoms with Gasteiger partial charge in [-0.05, 0) is 92.4 Å². The van der Waals surface area contributed by atoms with Crippen molar-refractivity contribution >= 4 is 28.4 Å². The van der Waals surface area contributed by atoms with Gasteiger partial charge in [0, 0.05) is 30.4 Å². The molecule has 0 radical (unpaired) electrons. The highest BCUT2D eigenvalue weighted by molar-refractivity contribution is 6.05. The van der Waals surface area contributed by atoms with Crippen molar-refractivity contribution < 1.29 is 9.53 Å². The monoisotopic (exact) mass is 507 g/mol. The van der Waals surface area contributed by atoms with Gasteiger partial charge in [0.2, 0.25) is 0 Å². The molecule has 2 aliphatic heterocycles. The second kappa shape index (κ2) is 10.8. The highest BCUT2D eigenvalue weighted by Crippen LogP contribution is 2.26. The van der Waals surface area contributed by atoms with Crippen LogP contribution in [0, 0.1) is 0 Å². The summed E-state index contributed by atoms with van der Waals surface area (Å²) in [6, 6.07) is 21.9. The molecule has 0 spiro atoms. The Morgan fingerprint density at radius 1 is 0.868 bits per heavy atom. The molecule has 0 bridgehead atoms. The van der Waals surface area contributed by atoms with Crippen LogP contribution < -0.4 is 15.0 Å². The van der Waals surface area contributed by atoms with Gasteiger partial charge in [0.1, 0.15) is 11.6 Å². The van der Waals surface area contributed by atoms with Crippen molar-refractivity contribution in [2.24, 2.45) is 0 Å². The molecule has 0 saturated carbocycles. The van der Waals surface area contributed by atoms with E-state index < -0.39 is 0 Å². The Morgan fingerprint density at radius 2 is 1.55 bits per heavy atom. The number of hydrogen-bond acceptors (Lipinski definition) is 6. The van der Waals surface area contributed by atoms with Crippen molar-refractivity contribution in [2.45, 2.75) is 31.7 Å². The van der Waals surface area contributed by atoms with Gasteiger partial charge in [-0.25, -0.2) is 4.98 Å². The predicted octanol–water partition coefficient (Wildman–Crippen LogP) is 5.62. The fraction of sp³-hybridized carbons (Fsp3) is 0.323. The standard InChI is InChI=1S/C31H33N5O2/c1-38-27-11-8-23(9-12-27)22-4-6-24(7-5-22)31(37)33-25-10-13-28-29(20-25)32-21-30(34-28)36-18-14-26(15-19-36)35-16-2-3-17-35/h4-13,20-21,26H,2-3,14-19H2,1H3,(H,33,37). The van der Waals surface area contributed by atoms with Gasteiger partial charge in [-0.1, -0.05) is 24.3 Å². The summed E-state index contributed by atoms with van der Waals surface area (Å²) in [5, 5.41) is 3.00. The van der Waals surface area contributed by atoms with E-state index in [4.69, 9.17) is 9.72 Å². The maximum Gasteiger partial charge on any atom is 0.255 e. The van der Waals surface area contributed by atoms with Crippen LogP contribution in [0.25, 0.3) is 22.2 Å². The number of carbonyl (C=O) groups excluding carboxylic acids is 1. The maximum atomic E-state index is 12.9. The molecule has 1 amide bonds. The van der Waals surface area contributed by atoms with E-state index in [0.29, 0.717) is 17.3 Å². The summed E-state index contributed by atoms with van der Waals surface area (Å²) in [4.78, 5) is 27.5. The van der Waals surface area contributed by atoms with Crippen LogP contribution in [0.3, 0.4) is 0 Å².